The van der Waals surface area contributed by atoms with Gasteiger partial charge in [-0.3, -0.25) is 4.79 Å². The molecule has 2 heterocycles. The van der Waals surface area contributed by atoms with Gasteiger partial charge in [0.05, 0.1) is 6.26 Å². The summed E-state index contributed by atoms with van der Waals surface area (Å²) in [5, 5.41) is 3.35. The van der Waals surface area contributed by atoms with Crippen molar-refractivity contribution in [2.45, 2.75) is 19.4 Å². The van der Waals surface area contributed by atoms with Crippen LogP contribution in [0.15, 0.2) is 53.2 Å². The van der Waals surface area contributed by atoms with E-state index in [2.05, 4.69) is 5.32 Å². The van der Waals surface area contributed by atoms with Crippen LogP contribution in [0.1, 0.15) is 34.5 Å². The van der Waals surface area contributed by atoms with Gasteiger partial charge in [0.2, 0.25) is 0 Å². The SMILES string of the molecule is O=C(c1cccc(CNCC=Cc2ccco2)c1)N1CCCC1. The first-order valence-electron chi connectivity index (χ1n) is 8.12. The van der Waals surface area contributed by atoms with Crippen LogP contribution in [0.5, 0.6) is 0 Å². The average Bonchev–Trinajstić information content (AvgIpc) is 3.28. The predicted molar refractivity (Wildman–Crippen MR) is 91.0 cm³/mol. The molecule has 0 unspecified atom stereocenters. The van der Waals surface area contributed by atoms with E-state index < -0.39 is 0 Å². The van der Waals surface area contributed by atoms with E-state index in [9.17, 15) is 4.79 Å². The maximum Gasteiger partial charge on any atom is 0.253 e. The molecule has 1 N–H and O–H groups in total. The highest BCUT2D eigenvalue weighted by atomic mass is 16.3. The van der Waals surface area contributed by atoms with Gasteiger partial charge in [0, 0.05) is 31.7 Å². The molecule has 23 heavy (non-hydrogen) atoms. The van der Waals surface area contributed by atoms with Gasteiger partial charge in [0.25, 0.3) is 5.91 Å². The van der Waals surface area contributed by atoms with Crippen molar-refractivity contribution in [2.24, 2.45) is 0 Å². The fourth-order valence-corrected chi connectivity index (χ4v) is 2.78. The van der Waals surface area contributed by atoms with Crippen LogP contribution < -0.4 is 5.32 Å². The number of carbonyl (C=O) groups is 1. The third-order valence-corrected chi connectivity index (χ3v) is 3.98. The van der Waals surface area contributed by atoms with Crippen LogP contribution in [0, 0.1) is 0 Å². The van der Waals surface area contributed by atoms with Gasteiger partial charge in [-0.1, -0.05) is 18.2 Å². The van der Waals surface area contributed by atoms with E-state index in [4.69, 9.17) is 4.42 Å². The largest absolute Gasteiger partial charge is 0.465 e. The number of carbonyl (C=O) groups excluding carboxylic acids is 1. The molecule has 2 aromatic rings. The quantitative estimate of drug-likeness (QED) is 0.833. The molecule has 0 spiro atoms. The number of nitrogens with zero attached hydrogens (tertiary/aromatic N) is 1. The van der Waals surface area contributed by atoms with Crippen LogP contribution in [-0.2, 0) is 6.54 Å². The molecule has 0 saturated carbocycles. The zero-order valence-corrected chi connectivity index (χ0v) is 13.2. The lowest BCUT2D eigenvalue weighted by atomic mass is 10.1. The van der Waals surface area contributed by atoms with E-state index in [0.717, 1.165) is 55.9 Å². The van der Waals surface area contributed by atoms with Crippen molar-refractivity contribution in [2.75, 3.05) is 19.6 Å². The molecular weight excluding hydrogens is 288 g/mol. The summed E-state index contributed by atoms with van der Waals surface area (Å²) in [6.07, 6.45) is 7.87. The summed E-state index contributed by atoms with van der Waals surface area (Å²) in [6.45, 7) is 3.27. The van der Waals surface area contributed by atoms with Gasteiger partial charge < -0.3 is 14.6 Å². The Labute approximate surface area is 136 Å². The molecule has 1 saturated heterocycles. The van der Waals surface area contributed by atoms with Crippen molar-refractivity contribution in [3.05, 3.63) is 65.6 Å². The average molecular weight is 310 g/mol. The molecule has 4 nitrogen and oxygen atoms in total. The predicted octanol–water partition coefficient (Wildman–Crippen LogP) is 3.32. The molecule has 4 heteroatoms. The van der Waals surface area contributed by atoms with Crippen LogP contribution in [0.2, 0.25) is 0 Å². The molecule has 3 rings (SSSR count). The minimum atomic E-state index is 0.155. The Morgan fingerprint density at radius 2 is 2.09 bits per heavy atom. The minimum absolute atomic E-state index is 0.155. The molecule has 1 amide bonds. The third kappa shape index (κ3) is 4.33. The normalized spacial score (nSPS) is 14.7. The van der Waals surface area contributed by atoms with E-state index in [-0.39, 0.29) is 5.91 Å². The lowest BCUT2D eigenvalue weighted by molar-refractivity contribution is 0.0792. The van der Waals surface area contributed by atoms with E-state index in [1.807, 2.05) is 53.5 Å². The van der Waals surface area contributed by atoms with E-state index in [1.165, 1.54) is 0 Å². The second kappa shape index (κ2) is 7.79. The van der Waals surface area contributed by atoms with Crippen LogP contribution in [-0.4, -0.2) is 30.4 Å². The number of hydrogen-bond donors (Lipinski definition) is 1. The summed E-state index contributed by atoms with van der Waals surface area (Å²) in [6, 6.07) is 11.7. The van der Waals surface area contributed by atoms with Gasteiger partial charge in [-0.05, 0) is 48.7 Å². The molecule has 0 aliphatic carbocycles. The second-order valence-corrected chi connectivity index (χ2v) is 5.75. The zero-order valence-electron chi connectivity index (χ0n) is 13.2. The van der Waals surface area contributed by atoms with Crippen LogP contribution >= 0.6 is 0 Å². The Hall–Kier alpha value is -2.33. The lowest BCUT2D eigenvalue weighted by Gasteiger charge is -2.15. The number of likely N-dealkylation sites (tertiary alicyclic amines) is 1. The Balaban J connectivity index is 1.50. The summed E-state index contributed by atoms with van der Waals surface area (Å²) in [7, 11) is 0. The highest BCUT2D eigenvalue weighted by Crippen LogP contribution is 2.14. The summed E-state index contributed by atoms with van der Waals surface area (Å²) in [5.41, 5.74) is 1.92. The number of nitrogens with one attached hydrogen (secondary N) is 1. The molecule has 120 valence electrons. The van der Waals surface area contributed by atoms with Crippen molar-refractivity contribution in [3.63, 3.8) is 0 Å². The van der Waals surface area contributed by atoms with Crippen molar-refractivity contribution >= 4 is 12.0 Å². The maximum atomic E-state index is 12.4. The van der Waals surface area contributed by atoms with Crippen LogP contribution in [0.25, 0.3) is 6.08 Å². The molecule has 1 aromatic carbocycles. The maximum absolute atomic E-state index is 12.4. The first-order chi connectivity index (χ1) is 11.3. The first kappa shape index (κ1) is 15.6. The monoisotopic (exact) mass is 310 g/mol. The van der Waals surface area contributed by atoms with Gasteiger partial charge in [0.15, 0.2) is 0 Å². The molecule has 1 aromatic heterocycles. The van der Waals surface area contributed by atoms with Crippen LogP contribution in [0.4, 0.5) is 0 Å². The Morgan fingerprint density at radius 3 is 2.87 bits per heavy atom. The number of rotatable bonds is 6. The van der Waals surface area contributed by atoms with Crippen molar-refractivity contribution in [3.8, 4) is 0 Å². The molecule has 1 aliphatic heterocycles. The first-order valence-corrected chi connectivity index (χ1v) is 8.12. The molecular formula is C19H22N2O2. The van der Waals surface area contributed by atoms with E-state index in [1.54, 1.807) is 6.26 Å². The van der Waals surface area contributed by atoms with Gasteiger partial charge in [-0.25, -0.2) is 0 Å². The van der Waals surface area contributed by atoms with Gasteiger partial charge in [-0.2, -0.15) is 0 Å². The molecule has 0 atom stereocenters. The van der Waals surface area contributed by atoms with E-state index in [0.29, 0.717) is 0 Å². The fourth-order valence-electron chi connectivity index (χ4n) is 2.78. The third-order valence-electron chi connectivity index (χ3n) is 3.98. The summed E-state index contributed by atoms with van der Waals surface area (Å²) < 4.78 is 5.23. The number of benzene rings is 1. The summed E-state index contributed by atoms with van der Waals surface area (Å²) in [5.74, 6) is 1.01. The van der Waals surface area contributed by atoms with Gasteiger partial charge >= 0.3 is 0 Å². The van der Waals surface area contributed by atoms with Gasteiger partial charge in [-0.15, -0.1) is 0 Å². The topological polar surface area (TPSA) is 45.5 Å². The van der Waals surface area contributed by atoms with E-state index >= 15 is 0 Å². The summed E-state index contributed by atoms with van der Waals surface area (Å²) in [4.78, 5) is 14.3. The Kier molecular flexibility index (Phi) is 5.27. The number of hydrogen-bond acceptors (Lipinski definition) is 3. The minimum Gasteiger partial charge on any atom is -0.465 e. The lowest BCUT2D eigenvalue weighted by Crippen LogP contribution is -2.27. The highest BCUT2D eigenvalue weighted by molar-refractivity contribution is 5.94. The molecule has 1 fully saturated rings. The molecule has 1 aliphatic rings. The molecule has 0 radical (unpaired) electrons. The Morgan fingerprint density at radius 1 is 1.22 bits per heavy atom. The Bertz CT molecular complexity index is 656. The van der Waals surface area contributed by atoms with Crippen LogP contribution in [0.3, 0.4) is 0 Å². The smallest absolute Gasteiger partial charge is 0.253 e. The fraction of sp³-hybridized carbons (Fsp3) is 0.316. The number of furan rings is 1. The summed E-state index contributed by atoms with van der Waals surface area (Å²) >= 11 is 0. The molecule has 0 bridgehead atoms. The standard InChI is InChI=1S/C19H22N2O2/c22-19(21-11-1-2-12-21)17-7-3-6-16(14-17)15-20-10-4-8-18-9-5-13-23-18/h3-9,13-14,20H,1-2,10-12,15H2. The van der Waals surface area contributed by atoms with Gasteiger partial charge in [0.1, 0.15) is 5.76 Å². The zero-order chi connectivity index (χ0) is 15.9. The van der Waals surface area contributed by atoms with Crippen molar-refractivity contribution < 1.29 is 9.21 Å². The highest BCUT2D eigenvalue weighted by Gasteiger charge is 2.19. The second-order valence-electron chi connectivity index (χ2n) is 5.75. The van der Waals surface area contributed by atoms with Crippen molar-refractivity contribution in [1.82, 2.24) is 10.2 Å². The number of amides is 1. The van der Waals surface area contributed by atoms with Crippen molar-refractivity contribution in [1.29, 1.82) is 0 Å².